The topological polar surface area (TPSA) is 49.0 Å². The molecule has 1 aromatic rings. The number of carbonyl (C=O) groups is 1. The van der Waals surface area contributed by atoms with Crippen molar-refractivity contribution < 1.29 is 4.79 Å². The molecule has 0 spiro atoms. The van der Waals surface area contributed by atoms with E-state index in [0.29, 0.717) is 6.04 Å². The molecule has 1 amide bonds. The van der Waals surface area contributed by atoms with Crippen molar-refractivity contribution in [1.82, 2.24) is 15.1 Å². The predicted molar refractivity (Wildman–Crippen MR) is 74.1 cm³/mol. The Bertz CT molecular complexity index is 458. The molecule has 104 valence electrons. The normalized spacial score (nSPS) is 27.2. The second kappa shape index (κ2) is 4.99. The summed E-state index contributed by atoms with van der Waals surface area (Å²) < 4.78 is 0. The minimum atomic E-state index is 0.195. The van der Waals surface area contributed by atoms with Gasteiger partial charge in [0, 0.05) is 18.3 Å². The minimum absolute atomic E-state index is 0.195. The van der Waals surface area contributed by atoms with Crippen LogP contribution in [0.4, 0.5) is 0 Å². The number of fused-ring (bicyclic) bond motifs is 1. The predicted octanol–water partition coefficient (Wildman–Crippen LogP) is 2.82. The zero-order chi connectivity index (χ0) is 13.4. The van der Waals surface area contributed by atoms with Gasteiger partial charge in [-0.15, -0.1) is 0 Å². The molecule has 0 aromatic carbocycles. The molecule has 2 atom stereocenters. The molecule has 4 heteroatoms. The fourth-order valence-electron chi connectivity index (χ4n) is 3.89. The van der Waals surface area contributed by atoms with Crippen LogP contribution in [0.5, 0.6) is 0 Å². The van der Waals surface area contributed by atoms with E-state index in [0.717, 1.165) is 35.8 Å². The summed E-state index contributed by atoms with van der Waals surface area (Å²) >= 11 is 0. The van der Waals surface area contributed by atoms with Gasteiger partial charge < -0.3 is 4.90 Å². The quantitative estimate of drug-likeness (QED) is 0.845. The first-order chi connectivity index (χ1) is 9.18. The number of hydrogen-bond donors (Lipinski definition) is 1. The molecule has 2 aliphatic rings. The van der Waals surface area contributed by atoms with Crippen molar-refractivity contribution in [2.45, 2.75) is 58.4 Å². The molecule has 19 heavy (non-hydrogen) atoms. The van der Waals surface area contributed by atoms with E-state index in [1.165, 1.54) is 32.1 Å². The van der Waals surface area contributed by atoms with Crippen LogP contribution in [0.1, 0.15) is 60.3 Å². The van der Waals surface area contributed by atoms with Crippen LogP contribution >= 0.6 is 0 Å². The molecular weight excluding hydrogens is 238 g/mol. The van der Waals surface area contributed by atoms with E-state index in [1.807, 2.05) is 13.8 Å². The molecule has 0 radical (unpaired) electrons. The number of aromatic amines is 1. The van der Waals surface area contributed by atoms with Crippen LogP contribution in [0, 0.1) is 19.8 Å². The lowest BCUT2D eigenvalue weighted by atomic mass is 9.78. The van der Waals surface area contributed by atoms with Crippen LogP contribution in [0.2, 0.25) is 0 Å². The molecule has 1 N–H and O–H groups in total. The summed E-state index contributed by atoms with van der Waals surface area (Å²) in [6.45, 7) is 4.78. The summed E-state index contributed by atoms with van der Waals surface area (Å²) in [6, 6.07) is 0.476. The number of H-pyrrole nitrogens is 1. The Morgan fingerprint density at radius 3 is 2.68 bits per heavy atom. The molecular formula is C15H23N3O. The summed E-state index contributed by atoms with van der Waals surface area (Å²) in [5.41, 5.74) is 2.53. The van der Waals surface area contributed by atoms with Gasteiger partial charge in [-0.3, -0.25) is 9.89 Å². The van der Waals surface area contributed by atoms with E-state index in [2.05, 4.69) is 15.1 Å². The molecule has 1 aromatic heterocycles. The standard InChI is InChI=1S/C15H23N3O/c1-10-14(11(2)17-16-10)15(19)18-9-5-7-12-6-3-4-8-13(12)18/h12-13H,3-9H2,1-2H3,(H,16,17)/t12-,13-/m1/s1. The van der Waals surface area contributed by atoms with E-state index < -0.39 is 0 Å². The van der Waals surface area contributed by atoms with Crippen LogP contribution in [0.15, 0.2) is 0 Å². The van der Waals surface area contributed by atoms with Crippen molar-refractivity contribution in [2.75, 3.05) is 6.54 Å². The van der Waals surface area contributed by atoms with Crippen LogP contribution in [-0.2, 0) is 0 Å². The molecule has 1 saturated carbocycles. The van der Waals surface area contributed by atoms with Crippen molar-refractivity contribution in [3.8, 4) is 0 Å². The van der Waals surface area contributed by atoms with Crippen molar-refractivity contribution in [3.05, 3.63) is 17.0 Å². The number of carbonyl (C=O) groups excluding carboxylic acids is 1. The van der Waals surface area contributed by atoms with Crippen molar-refractivity contribution in [3.63, 3.8) is 0 Å². The van der Waals surface area contributed by atoms with E-state index >= 15 is 0 Å². The number of aromatic nitrogens is 2. The van der Waals surface area contributed by atoms with Gasteiger partial charge in [0.2, 0.25) is 0 Å². The maximum absolute atomic E-state index is 12.8. The Morgan fingerprint density at radius 2 is 1.95 bits per heavy atom. The largest absolute Gasteiger partial charge is 0.335 e. The van der Waals surface area contributed by atoms with Gasteiger partial charge in [0.15, 0.2) is 0 Å². The Kier molecular flexibility index (Phi) is 3.33. The van der Waals surface area contributed by atoms with E-state index in [1.54, 1.807) is 0 Å². The number of amides is 1. The number of nitrogens with zero attached hydrogens (tertiary/aromatic N) is 2. The number of hydrogen-bond acceptors (Lipinski definition) is 2. The first kappa shape index (κ1) is 12.7. The average Bonchev–Trinajstić information content (AvgIpc) is 2.77. The smallest absolute Gasteiger partial charge is 0.257 e. The molecule has 2 fully saturated rings. The van der Waals surface area contributed by atoms with E-state index in [9.17, 15) is 4.79 Å². The van der Waals surface area contributed by atoms with Gasteiger partial charge in [0.05, 0.1) is 11.3 Å². The molecule has 3 rings (SSSR count). The van der Waals surface area contributed by atoms with Gasteiger partial charge in [-0.2, -0.15) is 5.10 Å². The fraction of sp³-hybridized carbons (Fsp3) is 0.733. The highest BCUT2D eigenvalue weighted by molar-refractivity contribution is 5.96. The molecule has 1 saturated heterocycles. The monoisotopic (exact) mass is 261 g/mol. The Morgan fingerprint density at radius 1 is 1.21 bits per heavy atom. The second-order valence-corrected chi connectivity index (χ2v) is 6.06. The van der Waals surface area contributed by atoms with Gasteiger partial charge in [-0.1, -0.05) is 12.8 Å². The lowest BCUT2D eigenvalue weighted by Crippen LogP contribution is -2.49. The zero-order valence-electron chi connectivity index (χ0n) is 11.9. The molecule has 4 nitrogen and oxygen atoms in total. The maximum Gasteiger partial charge on any atom is 0.257 e. The number of nitrogens with one attached hydrogen (secondary N) is 1. The second-order valence-electron chi connectivity index (χ2n) is 6.06. The molecule has 0 unspecified atom stereocenters. The third-order valence-electron chi connectivity index (χ3n) is 4.85. The van der Waals surface area contributed by atoms with Gasteiger partial charge in [-0.25, -0.2) is 0 Å². The summed E-state index contributed by atoms with van der Waals surface area (Å²) in [5.74, 6) is 0.930. The van der Waals surface area contributed by atoms with Crippen molar-refractivity contribution >= 4 is 5.91 Å². The van der Waals surface area contributed by atoms with Crippen molar-refractivity contribution in [2.24, 2.45) is 5.92 Å². The highest BCUT2D eigenvalue weighted by Gasteiger charge is 2.37. The molecule has 1 aliphatic heterocycles. The summed E-state index contributed by atoms with van der Waals surface area (Å²) in [5, 5.41) is 7.10. The first-order valence-corrected chi connectivity index (χ1v) is 7.51. The lowest BCUT2D eigenvalue weighted by Gasteiger charge is -2.44. The molecule has 2 heterocycles. The number of aryl methyl sites for hydroxylation is 2. The van der Waals surface area contributed by atoms with E-state index in [4.69, 9.17) is 0 Å². The molecule has 0 bridgehead atoms. The fourth-order valence-corrected chi connectivity index (χ4v) is 3.89. The Labute approximate surface area is 114 Å². The van der Waals surface area contributed by atoms with Gasteiger partial charge in [0.1, 0.15) is 0 Å². The van der Waals surface area contributed by atoms with Crippen LogP contribution in [-0.4, -0.2) is 33.6 Å². The van der Waals surface area contributed by atoms with Crippen molar-refractivity contribution in [1.29, 1.82) is 0 Å². The summed E-state index contributed by atoms with van der Waals surface area (Å²) in [4.78, 5) is 15.0. The minimum Gasteiger partial charge on any atom is -0.335 e. The third kappa shape index (κ3) is 2.17. The van der Waals surface area contributed by atoms with E-state index in [-0.39, 0.29) is 5.91 Å². The van der Waals surface area contributed by atoms with Gasteiger partial charge in [0.25, 0.3) is 5.91 Å². The third-order valence-corrected chi connectivity index (χ3v) is 4.85. The number of piperidine rings is 1. The number of likely N-dealkylation sites (tertiary alicyclic amines) is 1. The SMILES string of the molecule is Cc1n[nH]c(C)c1C(=O)N1CCC[C@H]2CCCC[C@H]21. The molecule has 1 aliphatic carbocycles. The average molecular weight is 261 g/mol. The summed E-state index contributed by atoms with van der Waals surface area (Å²) in [7, 11) is 0. The van der Waals surface area contributed by atoms with Gasteiger partial charge >= 0.3 is 0 Å². The Hall–Kier alpha value is -1.32. The van der Waals surface area contributed by atoms with Gasteiger partial charge in [-0.05, 0) is 45.4 Å². The number of rotatable bonds is 1. The van der Waals surface area contributed by atoms with Crippen LogP contribution in [0.3, 0.4) is 0 Å². The maximum atomic E-state index is 12.8. The zero-order valence-corrected chi connectivity index (χ0v) is 11.9. The first-order valence-electron chi connectivity index (χ1n) is 7.51. The van der Waals surface area contributed by atoms with Crippen LogP contribution in [0.25, 0.3) is 0 Å². The Balaban J connectivity index is 1.86. The highest BCUT2D eigenvalue weighted by Crippen LogP contribution is 2.36. The van der Waals surface area contributed by atoms with Crippen LogP contribution < -0.4 is 0 Å². The highest BCUT2D eigenvalue weighted by atomic mass is 16.2. The lowest BCUT2D eigenvalue weighted by molar-refractivity contribution is 0.0389. The summed E-state index contributed by atoms with van der Waals surface area (Å²) in [6.07, 6.45) is 7.56.